The number of aromatic nitrogens is 6. The van der Waals surface area contributed by atoms with Crippen molar-refractivity contribution in [3.8, 4) is 17.1 Å². The maximum absolute atomic E-state index is 8.35. The van der Waals surface area contributed by atoms with Crippen LogP contribution >= 0.6 is 0 Å². The predicted molar refractivity (Wildman–Crippen MR) is 121 cm³/mol. The number of anilines is 2. The molecule has 0 bridgehead atoms. The van der Waals surface area contributed by atoms with E-state index in [9.17, 15) is 0 Å². The molecule has 31 heavy (non-hydrogen) atoms. The van der Waals surface area contributed by atoms with Crippen LogP contribution in [0.4, 0.5) is 11.4 Å². The van der Waals surface area contributed by atoms with Gasteiger partial charge in [0.2, 0.25) is 5.88 Å². The van der Waals surface area contributed by atoms with Gasteiger partial charge in [-0.2, -0.15) is 4.80 Å². The van der Waals surface area contributed by atoms with Gasteiger partial charge in [-0.3, -0.25) is 0 Å². The Morgan fingerprint density at radius 2 is 2.13 bits per heavy atom. The number of ether oxygens (including phenoxy) is 1. The first-order valence-electron chi connectivity index (χ1n) is 10.3. The fourth-order valence-corrected chi connectivity index (χ4v) is 2.99. The van der Waals surface area contributed by atoms with E-state index < -0.39 is 0 Å². The third kappa shape index (κ3) is 5.33. The molecule has 3 rings (SSSR count). The highest BCUT2D eigenvalue weighted by Crippen LogP contribution is 2.34. The average Bonchev–Trinajstić information content (AvgIpc) is 3.18. The minimum atomic E-state index is 0.207. The van der Waals surface area contributed by atoms with Crippen LogP contribution in [0.2, 0.25) is 0 Å². The molecule has 0 radical (unpaired) electrons. The van der Waals surface area contributed by atoms with Crippen LogP contribution in [0.5, 0.6) is 5.88 Å². The lowest BCUT2D eigenvalue weighted by Crippen LogP contribution is -2.19. The monoisotopic (exact) mass is 423 g/mol. The van der Waals surface area contributed by atoms with Crippen LogP contribution in [0, 0.1) is 5.41 Å². The summed E-state index contributed by atoms with van der Waals surface area (Å²) < 4.78 is 5.70. The summed E-state index contributed by atoms with van der Waals surface area (Å²) in [6.07, 6.45) is 2.62. The first kappa shape index (κ1) is 22.1. The van der Waals surface area contributed by atoms with E-state index in [2.05, 4.69) is 44.9 Å². The Morgan fingerprint density at radius 1 is 1.32 bits per heavy atom. The maximum atomic E-state index is 8.35. The molecular weight excluding hydrogens is 394 g/mol. The number of tetrazole rings is 1. The van der Waals surface area contributed by atoms with E-state index >= 15 is 0 Å². The molecule has 0 aromatic carbocycles. The minimum Gasteiger partial charge on any atom is -0.477 e. The van der Waals surface area contributed by atoms with Crippen LogP contribution in [0.1, 0.15) is 45.6 Å². The van der Waals surface area contributed by atoms with E-state index in [4.69, 9.17) is 15.1 Å². The van der Waals surface area contributed by atoms with Crippen LogP contribution in [-0.2, 0) is 13.6 Å². The molecule has 10 nitrogen and oxygen atoms in total. The quantitative estimate of drug-likeness (QED) is 0.424. The number of hydrogen-bond donors (Lipinski definition) is 3. The van der Waals surface area contributed by atoms with Crippen molar-refractivity contribution in [2.45, 2.75) is 46.7 Å². The molecule has 3 aromatic heterocycles. The Kier molecular flexibility index (Phi) is 7.11. The normalized spacial score (nSPS) is 11.8. The number of pyridine rings is 2. The SMILES string of the molecule is CCOc1ncccc1-c1cc(NCc2nnn(C)n2)c(NC(C)CC)c(C(C)=N)n1. The molecule has 0 spiro atoms. The van der Waals surface area contributed by atoms with Crippen LogP contribution in [0.3, 0.4) is 0 Å². The highest BCUT2D eigenvalue weighted by molar-refractivity contribution is 6.03. The van der Waals surface area contributed by atoms with Crippen molar-refractivity contribution < 1.29 is 4.74 Å². The second kappa shape index (κ2) is 9.96. The topological polar surface area (TPSA) is 127 Å². The van der Waals surface area contributed by atoms with Gasteiger partial charge in [0.1, 0.15) is 5.69 Å². The second-order valence-electron chi connectivity index (χ2n) is 7.20. The van der Waals surface area contributed by atoms with E-state index in [-0.39, 0.29) is 6.04 Å². The zero-order valence-electron chi connectivity index (χ0n) is 18.6. The van der Waals surface area contributed by atoms with Gasteiger partial charge in [-0.25, -0.2) is 9.97 Å². The number of rotatable bonds is 10. The van der Waals surface area contributed by atoms with Crippen molar-refractivity contribution in [2.75, 3.05) is 17.2 Å². The number of nitrogens with one attached hydrogen (secondary N) is 3. The Balaban J connectivity index is 2.10. The van der Waals surface area contributed by atoms with Crippen LogP contribution in [-0.4, -0.2) is 48.5 Å². The summed E-state index contributed by atoms with van der Waals surface area (Å²) in [4.78, 5) is 10.6. The highest BCUT2D eigenvalue weighted by Gasteiger charge is 2.19. The molecule has 0 aliphatic rings. The largest absolute Gasteiger partial charge is 0.477 e. The van der Waals surface area contributed by atoms with Crippen molar-refractivity contribution in [3.63, 3.8) is 0 Å². The minimum absolute atomic E-state index is 0.207. The Hall–Kier alpha value is -3.56. The Labute approximate surface area is 182 Å². The van der Waals surface area contributed by atoms with Crippen LogP contribution in [0.15, 0.2) is 24.4 Å². The van der Waals surface area contributed by atoms with Gasteiger partial charge >= 0.3 is 0 Å². The third-order valence-corrected chi connectivity index (χ3v) is 4.69. The van der Waals surface area contributed by atoms with Gasteiger partial charge < -0.3 is 20.8 Å². The molecule has 3 heterocycles. The Bertz CT molecular complexity index is 1050. The smallest absolute Gasteiger partial charge is 0.222 e. The lowest BCUT2D eigenvalue weighted by Gasteiger charge is -2.21. The second-order valence-corrected chi connectivity index (χ2v) is 7.20. The third-order valence-electron chi connectivity index (χ3n) is 4.69. The number of hydrogen-bond acceptors (Lipinski definition) is 9. The first-order chi connectivity index (χ1) is 14.9. The molecule has 0 fully saturated rings. The van der Waals surface area contributed by atoms with Crippen molar-refractivity contribution in [1.82, 2.24) is 30.2 Å². The molecule has 0 saturated heterocycles. The van der Waals surface area contributed by atoms with Gasteiger partial charge in [0.05, 0.1) is 48.5 Å². The van der Waals surface area contributed by atoms with Gasteiger partial charge in [-0.1, -0.05) is 6.92 Å². The van der Waals surface area contributed by atoms with Crippen LogP contribution < -0.4 is 15.4 Å². The van der Waals surface area contributed by atoms with E-state index in [1.165, 1.54) is 4.80 Å². The fraction of sp³-hybridized carbons (Fsp3) is 0.429. The standard InChI is InChI=1S/C21H29N9O/c1-6-13(3)25-20-17(24-12-18-27-29-30(5)28-18)11-16(26-19(20)14(4)22)15-9-8-10-23-21(15)31-7-2/h8-11,13,22,25H,6-7,12H2,1-5H3,(H,24,26). The highest BCUT2D eigenvalue weighted by atomic mass is 16.5. The zero-order chi connectivity index (χ0) is 22.4. The van der Waals surface area contributed by atoms with Gasteiger partial charge in [-0.15, -0.1) is 10.2 Å². The summed E-state index contributed by atoms with van der Waals surface area (Å²) in [5.41, 5.74) is 3.93. The maximum Gasteiger partial charge on any atom is 0.222 e. The molecule has 164 valence electrons. The van der Waals surface area contributed by atoms with Gasteiger partial charge in [0.15, 0.2) is 5.82 Å². The van der Waals surface area contributed by atoms with Gasteiger partial charge in [0, 0.05) is 12.2 Å². The van der Waals surface area contributed by atoms with Crippen molar-refractivity contribution in [2.24, 2.45) is 7.05 Å². The molecule has 0 aliphatic heterocycles. The lowest BCUT2D eigenvalue weighted by atomic mass is 10.1. The molecule has 1 atom stereocenters. The fourth-order valence-electron chi connectivity index (χ4n) is 2.99. The molecular formula is C21H29N9O. The number of nitrogens with zero attached hydrogens (tertiary/aromatic N) is 6. The molecule has 0 saturated carbocycles. The van der Waals surface area contributed by atoms with Crippen molar-refractivity contribution in [1.29, 1.82) is 5.41 Å². The molecule has 0 amide bonds. The number of aryl methyl sites for hydroxylation is 1. The van der Waals surface area contributed by atoms with E-state index in [1.807, 2.05) is 25.1 Å². The first-order valence-corrected chi connectivity index (χ1v) is 10.3. The van der Waals surface area contributed by atoms with Crippen molar-refractivity contribution >= 4 is 17.1 Å². The lowest BCUT2D eigenvalue weighted by molar-refractivity contribution is 0.328. The summed E-state index contributed by atoms with van der Waals surface area (Å²) in [6.45, 7) is 8.73. The molecule has 1 unspecified atom stereocenters. The average molecular weight is 424 g/mol. The predicted octanol–water partition coefficient (Wildman–Crippen LogP) is 3.28. The summed E-state index contributed by atoms with van der Waals surface area (Å²) in [7, 11) is 1.73. The molecule has 10 heteroatoms. The van der Waals surface area contributed by atoms with E-state index in [1.54, 1.807) is 20.2 Å². The van der Waals surface area contributed by atoms with Gasteiger partial charge in [-0.05, 0) is 50.6 Å². The van der Waals surface area contributed by atoms with Gasteiger partial charge in [0.25, 0.3) is 0 Å². The molecule has 3 N–H and O–H groups in total. The van der Waals surface area contributed by atoms with E-state index in [0.29, 0.717) is 42.0 Å². The molecule has 3 aromatic rings. The zero-order valence-corrected chi connectivity index (χ0v) is 18.6. The summed E-state index contributed by atoms with van der Waals surface area (Å²) >= 11 is 0. The molecule has 0 aliphatic carbocycles. The van der Waals surface area contributed by atoms with Crippen molar-refractivity contribution in [3.05, 3.63) is 35.9 Å². The Morgan fingerprint density at radius 3 is 2.77 bits per heavy atom. The van der Waals surface area contributed by atoms with E-state index in [0.717, 1.165) is 23.4 Å². The summed E-state index contributed by atoms with van der Waals surface area (Å²) in [6, 6.07) is 5.91. The van der Waals surface area contributed by atoms with Crippen LogP contribution in [0.25, 0.3) is 11.3 Å². The summed E-state index contributed by atoms with van der Waals surface area (Å²) in [5, 5.41) is 27.4. The summed E-state index contributed by atoms with van der Waals surface area (Å²) in [5.74, 6) is 1.08.